The van der Waals surface area contributed by atoms with Crippen molar-refractivity contribution in [3.8, 4) is 11.5 Å². The van der Waals surface area contributed by atoms with Crippen LogP contribution in [-0.4, -0.2) is 7.11 Å². The van der Waals surface area contributed by atoms with Crippen molar-refractivity contribution < 1.29 is 9.47 Å². The molecular formula is C13H18O2. The summed E-state index contributed by atoms with van der Waals surface area (Å²) in [4.78, 5) is 0. The fourth-order valence-corrected chi connectivity index (χ4v) is 1.31. The molecule has 0 heterocycles. The van der Waals surface area contributed by atoms with E-state index >= 15 is 0 Å². The summed E-state index contributed by atoms with van der Waals surface area (Å²) in [5.41, 5.74) is 1.22. The number of ether oxygens (including phenoxy) is 2. The average Bonchev–Trinajstić information content (AvgIpc) is 2.26. The Hall–Kier alpha value is -1.44. The summed E-state index contributed by atoms with van der Waals surface area (Å²) in [5.74, 6) is 2.73. The van der Waals surface area contributed by atoms with Crippen LogP contribution >= 0.6 is 0 Å². The molecular weight excluding hydrogens is 188 g/mol. The van der Waals surface area contributed by atoms with Gasteiger partial charge in [0.15, 0.2) is 0 Å². The minimum absolute atomic E-state index is 0.845. The van der Waals surface area contributed by atoms with Crippen molar-refractivity contribution in [1.82, 2.24) is 0 Å². The fraction of sp³-hybridized carbons (Fsp3) is 0.385. The number of allylic oxidation sites excluding steroid dienone is 2. The number of rotatable bonds is 4. The largest absolute Gasteiger partial charge is 0.497 e. The van der Waals surface area contributed by atoms with Gasteiger partial charge in [0.1, 0.15) is 17.3 Å². The van der Waals surface area contributed by atoms with Gasteiger partial charge in [-0.3, -0.25) is 0 Å². The van der Waals surface area contributed by atoms with Crippen LogP contribution in [0.3, 0.4) is 0 Å². The molecule has 15 heavy (non-hydrogen) atoms. The predicted molar refractivity (Wildman–Crippen MR) is 62.3 cm³/mol. The first-order valence-corrected chi connectivity index (χ1v) is 5.15. The predicted octanol–water partition coefficient (Wildman–Crippen LogP) is 3.78. The maximum atomic E-state index is 5.75. The molecule has 0 aliphatic carbocycles. The Morgan fingerprint density at radius 1 is 1.07 bits per heavy atom. The highest BCUT2D eigenvalue weighted by atomic mass is 16.5. The first-order valence-electron chi connectivity index (χ1n) is 5.15. The Morgan fingerprint density at radius 3 is 2.00 bits per heavy atom. The second-order valence-electron chi connectivity index (χ2n) is 3.55. The van der Waals surface area contributed by atoms with Crippen molar-refractivity contribution in [2.45, 2.75) is 27.2 Å². The van der Waals surface area contributed by atoms with E-state index in [0.717, 1.165) is 23.7 Å². The van der Waals surface area contributed by atoms with Crippen LogP contribution in [-0.2, 0) is 0 Å². The third-order valence-corrected chi connectivity index (χ3v) is 2.18. The summed E-state index contributed by atoms with van der Waals surface area (Å²) in [6.07, 6.45) is 0.911. The lowest BCUT2D eigenvalue weighted by Crippen LogP contribution is -1.96. The number of benzene rings is 1. The number of methoxy groups -OCH3 is 1. The SMILES string of the molecule is CCC(Oc1ccc(OC)cc1)=C(C)C. The minimum Gasteiger partial charge on any atom is -0.497 e. The van der Waals surface area contributed by atoms with Crippen molar-refractivity contribution in [1.29, 1.82) is 0 Å². The first kappa shape index (κ1) is 11.6. The van der Waals surface area contributed by atoms with E-state index in [4.69, 9.17) is 9.47 Å². The van der Waals surface area contributed by atoms with Gasteiger partial charge in [-0.25, -0.2) is 0 Å². The lowest BCUT2D eigenvalue weighted by molar-refractivity contribution is 0.396. The molecule has 0 aliphatic rings. The van der Waals surface area contributed by atoms with Gasteiger partial charge in [0.2, 0.25) is 0 Å². The van der Waals surface area contributed by atoms with E-state index in [1.54, 1.807) is 7.11 Å². The maximum absolute atomic E-state index is 5.75. The van der Waals surface area contributed by atoms with Crippen LogP contribution in [0.5, 0.6) is 11.5 Å². The second-order valence-corrected chi connectivity index (χ2v) is 3.55. The molecule has 0 radical (unpaired) electrons. The van der Waals surface area contributed by atoms with E-state index in [2.05, 4.69) is 20.8 Å². The van der Waals surface area contributed by atoms with Gasteiger partial charge in [-0.05, 0) is 43.7 Å². The van der Waals surface area contributed by atoms with E-state index in [0.29, 0.717) is 0 Å². The van der Waals surface area contributed by atoms with Gasteiger partial charge in [0.25, 0.3) is 0 Å². The molecule has 1 rings (SSSR count). The van der Waals surface area contributed by atoms with Gasteiger partial charge < -0.3 is 9.47 Å². The number of hydrogen-bond donors (Lipinski definition) is 0. The summed E-state index contributed by atoms with van der Waals surface area (Å²) >= 11 is 0. The highest BCUT2D eigenvalue weighted by Gasteiger charge is 2.00. The van der Waals surface area contributed by atoms with Crippen LogP contribution in [0, 0.1) is 0 Å². The zero-order chi connectivity index (χ0) is 11.3. The topological polar surface area (TPSA) is 18.5 Å². The molecule has 82 valence electrons. The lowest BCUT2D eigenvalue weighted by atomic mass is 10.2. The van der Waals surface area contributed by atoms with E-state index in [-0.39, 0.29) is 0 Å². The molecule has 2 heteroatoms. The lowest BCUT2D eigenvalue weighted by Gasteiger charge is -2.10. The van der Waals surface area contributed by atoms with Gasteiger partial charge in [0, 0.05) is 6.42 Å². The van der Waals surface area contributed by atoms with E-state index in [9.17, 15) is 0 Å². The standard InChI is InChI=1S/C13H18O2/c1-5-13(10(2)3)15-12-8-6-11(14-4)7-9-12/h6-9H,5H2,1-4H3. The highest BCUT2D eigenvalue weighted by Crippen LogP contribution is 2.21. The Morgan fingerprint density at radius 2 is 1.60 bits per heavy atom. The van der Waals surface area contributed by atoms with Crippen LogP contribution in [0.1, 0.15) is 27.2 Å². The minimum atomic E-state index is 0.845. The molecule has 0 atom stereocenters. The summed E-state index contributed by atoms with van der Waals surface area (Å²) in [5, 5.41) is 0. The van der Waals surface area contributed by atoms with Gasteiger partial charge in [-0.2, -0.15) is 0 Å². The van der Waals surface area contributed by atoms with Crippen LogP contribution in [0.15, 0.2) is 35.6 Å². The first-order chi connectivity index (χ1) is 7.17. The smallest absolute Gasteiger partial charge is 0.127 e. The molecule has 0 aliphatic heterocycles. The van der Waals surface area contributed by atoms with Crippen LogP contribution in [0.4, 0.5) is 0 Å². The fourth-order valence-electron chi connectivity index (χ4n) is 1.31. The normalized spacial score (nSPS) is 9.60. The zero-order valence-corrected chi connectivity index (χ0v) is 9.83. The quantitative estimate of drug-likeness (QED) is 0.698. The molecule has 0 saturated heterocycles. The molecule has 0 aromatic heterocycles. The van der Waals surface area contributed by atoms with E-state index < -0.39 is 0 Å². The third-order valence-electron chi connectivity index (χ3n) is 2.18. The Balaban J connectivity index is 2.77. The molecule has 0 bridgehead atoms. The van der Waals surface area contributed by atoms with E-state index in [1.165, 1.54) is 5.57 Å². The van der Waals surface area contributed by atoms with Gasteiger partial charge in [-0.15, -0.1) is 0 Å². The average molecular weight is 206 g/mol. The molecule has 1 aromatic carbocycles. The van der Waals surface area contributed by atoms with Gasteiger partial charge in [0.05, 0.1) is 7.11 Å². The molecule has 0 spiro atoms. The molecule has 0 fully saturated rings. The van der Waals surface area contributed by atoms with Crippen molar-refractivity contribution in [2.24, 2.45) is 0 Å². The van der Waals surface area contributed by atoms with Crippen LogP contribution < -0.4 is 9.47 Å². The third kappa shape index (κ3) is 3.31. The van der Waals surface area contributed by atoms with Crippen molar-refractivity contribution in [3.63, 3.8) is 0 Å². The van der Waals surface area contributed by atoms with Gasteiger partial charge in [-0.1, -0.05) is 6.92 Å². The van der Waals surface area contributed by atoms with Gasteiger partial charge >= 0.3 is 0 Å². The van der Waals surface area contributed by atoms with Crippen molar-refractivity contribution >= 4 is 0 Å². The highest BCUT2D eigenvalue weighted by molar-refractivity contribution is 5.32. The summed E-state index contributed by atoms with van der Waals surface area (Å²) in [6.45, 7) is 6.20. The molecule has 0 unspecified atom stereocenters. The van der Waals surface area contributed by atoms with Crippen LogP contribution in [0.25, 0.3) is 0 Å². The van der Waals surface area contributed by atoms with E-state index in [1.807, 2.05) is 24.3 Å². The summed E-state index contributed by atoms with van der Waals surface area (Å²) in [7, 11) is 1.66. The number of hydrogen-bond acceptors (Lipinski definition) is 2. The molecule has 0 N–H and O–H groups in total. The Kier molecular flexibility index (Phi) is 4.22. The Bertz CT molecular complexity index is 332. The van der Waals surface area contributed by atoms with Crippen molar-refractivity contribution in [3.05, 3.63) is 35.6 Å². The second kappa shape index (κ2) is 5.44. The molecule has 0 amide bonds. The Labute approximate surface area is 91.5 Å². The summed E-state index contributed by atoms with van der Waals surface area (Å²) < 4.78 is 10.8. The summed E-state index contributed by atoms with van der Waals surface area (Å²) in [6, 6.07) is 7.62. The maximum Gasteiger partial charge on any atom is 0.127 e. The van der Waals surface area contributed by atoms with Crippen molar-refractivity contribution in [2.75, 3.05) is 7.11 Å². The zero-order valence-electron chi connectivity index (χ0n) is 9.83. The molecule has 1 aromatic rings. The molecule has 0 saturated carbocycles. The van der Waals surface area contributed by atoms with Crippen LogP contribution in [0.2, 0.25) is 0 Å². The molecule has 2 nitrogen and oxygen atoms in total. The monoisotopic (exact) mass is 206 g/mol.